The number of aliphatic carboxylic acids is 1. The molecule has 2 atom stereocenters. The number of carboxylic acids is 1. The topological polar surface area (TPSA) is 75.6 Å². The molecule has 0 saturated heterocycles. The molecular weight excluding hydrogens is 282 g/mol. The molecule has 0 saturated carbocycles. The number of halogens is 1. The van der Waals surface area contributed by atoms with E-state index in [0.717, 1.165) is 0 Å². The molecule has 0 spiro atoms. The number of amides is 1. The van der Waals surface area contributed by atoms with Gasteiger partial charge in [-0.15, -0.1) is 0 Å². The number of carboxylic acid groups (broad SMARTS) is 1. The van der Waals surface area contributed by atoms with Crippen LogP contribution in [0.4, 0.5) is 0 Å². The second kappa shape index (κ2) is 7.75. The zero-order valence-corrected chi connectivity index (χ0v) is 12.2. The molecule has 0 aliphatic heterocycles. The summed E-state index contributed by atoms with van der Waals surface area (Å²) in [5.41, 5.74) is 0. The number of carbonyl (C=O) groups excluding carboxylic acids is 1. The van der Waals surface area contributed by atoms with Gasteiger partial charge in [0.05, 0.1) is 5.02 Å². The van der Waals surface area contributed by atoms with Crippen LogP contribution in [0.1, 0.15) is 26.7 Å². The van der Waals surface area contributed by atoms with E-state index in [1.54, 1.807) is 38.1 Å². The smallest absolute Gasteiger partial charge is 0.326 e. The van der Waals surface area contributed by atoms with E-state index in [1.807, 2.05) is 0 Å². The monoisotopic (exact) mass is 299 g/mol. The van der Waals surface area contributed by atoms with Gasteiger partial charge < -0.3 is 15.2 Å². The second-order valence-corrected chi connectivity index (χ2v) is 4.66. The lowest BCUT2D eigenvalue weighted by atomic mass is 10.2. The van der Waals surface area contributed by atoms with Gasteiger partial charge >= 0.3 is 5.97 Å². The minimum atomic E-state index is -1.06. The Morgan fingerprint density at radius 1 is 1.30 bits per heavy atom. The van der Waals surface area contributed by atoms with Crippen molar-refractivity contribution in [3.63, 3.8) is 0 Å². The molecule has 5 nitrogen and oxygen atoms in total. The van der Waals surface area contributed by atoms with Gasteiger partial charge in [-0.3, -0.25) is 4.79 Å². The van der Waals surface area contributed by atoms with Gasteiger partial charge in [0.25, 0.3) is 5.91 Å². The Kier molecular flexibility index (Phi) is 6.31. The van der Waals surface area contributed by atoms with Crippen molar-refractivity contribution in [2.45, 2.75) is 38.8 Å². The predicted octanol–water partition coefficient (Wildman–Crippen LogP) is 2.48. The molecule has 6 heteroatoms. The lowest BCUT2D eigenvalue weighted by molar-refractivity contribution is -0.143. The summed E-state index contributed by atoms with van der Waals surface area (Å²) in [7, 11) is 0. The van der Waals surface area contributed by atoms with E-state index in [2.05, 4.69) is 5.32 Å². The van der Waals surface area contributed by atoms with E-state index in [9.17, 15) is 9.59 Å². The van der Waals surface area contributed by atoms with Crippen molar-refractivity contribution in [1.29, 1.82) is 0 Å². The first-order valence-electron chi connectivity index (χ1n) is 6.43. The van der Waals surface area contributed by atoms with Gasteiger partial charge in [-0.1, -0.05) is 37.6 Å². The minimum Gasteiger partial charge on any atom is -0.480 e. The third-order valence-electron chi connectivity index (χ3n) is 2.79. The second-order valence-electron chi connectivity index (χ2n) is 4.25. The number of nitrogens with one attached hydrogen (secondary N) is 1. The van der Waals surface area contributed by atoms with Crippen LogP contribution in [-0.4, -0.2) is 29.1 Å². The number of carbonyl (C=O) groups is 2. The summed E-state index contributed by atoms with van der Waals surface area (Å²) in [5, 5.41) is 11.8. The quantitative estimate of drug-likeness (QED) is 0.811. The maximum atomic E-state index is 12.0. The third-order valence-corrected chi connectivity index (χ3v) is 3.10. The SMILES string of the molecule is CCC(NC(=O)C(CC)Oc1ccccc1Cl)C(=O)O. The Bertz CT molecular complexity index is 478. The summed E-state index contributed by atoms with van der Waals surface area (Å²) >= 11 is 5.96. The van der Waals surface area contributed by atoms with Crippen molar-refractivity contribution < 1.29 is 19.4 Å². The molecule has 20 heavy (non-hydrogen) atoms. The Hall–Kier alpha value is -1.75. The van der Waals surface area contributed by atoms with Crippen LogP contribution in [0.15, 0.2) is 24.3 Å². The van der Waals surface area contributed by atoms with Crippen LogP contribution in [0.3, 0.4) is 0 Å². The van der Waals surface area contributed by atoms with Crippen molar-refractivity contribution in [3.8, 4) is 5.75 Å². The minimum absolute atomic E-state index is 0.309. The maximum absolute atomic E-state index is 12.0. The van der Waals surface area contributed by atoms with Gasteiger partial charge in [0.1, 0.15) is 11.8 Å². The van der Waals surface area contributed by atoms with Crippen LogP contribution in [0, 0.1) is 0 Å². The molecule has 0 radical (unpaired) electrons. The van der Waals surface area contributed by atoms with Crippen molar-refractivity contribution in [2.24, 2.45) is 0 Å². The van der Waals surface area contributed by atoms with E-state index < -0.39 is 24.0 Å². The molecule has 2 N–H and O–H groups in total. The maximum Gasteiger partial charge on any atom is 0.326 e. The first kappa shape index (κ1) is 16.3. The van der Waals surface area contributed by atoms with Gasteiger partial charge in [0.2, 0.25) is 0 Å². The summed E-state index contributed by atoms with van der Waals surface area (Å²) in [4.78, 5) is 22.9. The molecule has 0 bridgehead atoms. The molecule has 0 aliphatic carbocycles. The molecule has 2 unspecified atom stereocenters. The highest BCUT2D eigenvalue weighted by Gasteiger charge is 2.24. The largest absolute Gasteiger partial charge is 0.480 e. The summed E-state index contributed by atoms with van der Waals surface area (Å²) < 4.78 is 5.54. The molecule has 1 rings (SSSR count). The van der Waals surface area contributed by atoms with Crippen LogP contribution in [0.2, 0.25) is 5.02 Å². The van der Waals surface area contributed by atoms with Crippen LogP contribution in [0.5, 0.6) is 5.75 Å². The van der Waals surface area contributed by atoms with Crippen LogP contribution in [0.25, 0.3) is 0 Å². The van der Waals surface area contributed by atoms with E-state index in [1.165, 1.54) is 0 Å². The van der Waals surface area contributed by atoms with Crippen molar-refractivity contribution in [2.75, 3.05) is 0 Å². The van der Waals surface area contributed by atoms with E-state index in [0.29, 0.717) is 23.6 Å². The zero-order valence-electron chi connectivity index (χ0n) is 11.4. The van der Waals surface area contributed by atoms with Gasteiger partial charge in [-0.05, 0) is 25.0 Å². The highest BCUT2D eigenvalue weighted by molar-refractivity contribution is 6.32. The standard InChI is InChI=1S/C14H18ClNO4/c1-3-10(14(18)19)16-13(17)11(4-2)20-12-8-6-5-7-9(12)15/h5-8,10-11H,3-4H2,1-2H3,(H,16,17)(H,18,19). The Morgan fingerprint density at radius 3 is 2.45 bits per heavy atom. The highest BCUT2D eigenvalue weighted by atomic mass is 35.5. The molecule has 0 heterocycles. The normalized spacial score (nSPS) is 13.3. The molecule has 1 aromatic rings. The number of rotatable bonds is 7. The Balaban J connectivity index is 2.73. The van der Waals surface area contributed by atoms with Crippen molar-refractivity contribution in [1.82, 2.24) is 5.32 Å². The molecular formula is C14H18ClNO4. The molecule has 0 aliphatic rings. The highest BCUT2D eigenvalue weighted by Crippen LogP contribution is 2.24. The summed E-state index contributed by atoms with van der Waals surface area (Å²) in [5.74, 6) is -1.12. The Labute approximate surface area is 122 Å². The summed E-state index contributed by atoms with van der Waals surface area (Å²) in [6.07, 6.45) is -0.0558. The number of para-hydroxylation sites is 1. The van der Waals surface area contributed by atoms with Crippen molar-refractivity contribution in [3.05, 3.63) is 29.3 Å². The van der Waals surface area contributed by atoms with E-state index in [4.69, 9.17) is 21.4 Å². The number of hydrogen-bond donors (Lipinski definition) is 2. The third kappa shape index (κ3) is 4.42. The molecule has 1 aromatic carbocycles. The fraction of sp³-hybridized carbons (Fsp3) is 0.429. The average Bonchev–Trinajstić information content (AvgIpc) is 2.43. The lowest BCUT2D eigenvalue weighted by Gasteiger charge is -2.20. The van der Waals surface area contributed by atoms with Gasteiger partial charge in [-0.2, -0.15) is 0 Å². The zero-order chi connectivity index (χ0) is 15.1. The Morgan fingerprint density at radius 2 is 1.95 bits per heavy atom. The first-order chi connectivity index (χ1) is 9.49. The molecule has 0 fully saturated rings. The molecule has 0 aromatic heterocycles. The van der Waals surface area contributed by atoms with Gasteiger partial charge in [0, 0.05) is 0 Å². The number of ether oxygens (including phenoxy) is 1. The van der Waals surface area contributed by atoms with Crippen LogP contribution < -0.4 is 10.1 Å². The fourth-order valence-electron chi connectivity index (χ4n) is 1.62. The van der Waals surface area contributed by atoms with E-state index in [-0.39, 0.29) is 0 Å². The fourth-order valence-corrected chi connectivity index (χ4v) is 1.80. The number of benzene rings is 1. The number of hydrogen-bond acceptors (Lipinski definition) is 3. The lowest BCUT2D eigenvalue weighted by Crippen LogP contribution is -2.46. The van der Waals surface area contributed by atoms with Crippen LogP contribution in [-0.2, 0) is 9.59 Å². The van der Waals surface area contributed by atoms with Gasteiger partial charge in [-0.25, -0.2) is 4.79 Å². The van der Waals surface area contributed by atoms with Crippen LogP contribution >= 0.6 is 11.6 Å². The summed E-state index contributed by atoms with van der Waals surface area (Å²) in [6.45, 7) is 3.47. The average molecular weight is 300 g/mol. The van der Waals surface area contributed by atoms with Crippen molar-refractivity contribution >= 4 is 23.5 Å². The van der Waals surface area contributed by atoms with Gasteiger partial charge in [0.15, 0.2) is 6.10 Å². The summed E-state index contributed by atoms with van der Waals surface area (Å²) in [6, 6.07) is 5.91. The molecule has 1 amide bonds. The first-order valence-corrected chi connectivity index (χ1v) is 6.81. The molecule has 110 valence electrons. The predicted molar refractivity (Wildman–Crippen MR) is 76.0 cm³/mol. The van der Waals surface area contributed by atoms with E-state index >= 15 is 0 Å².